The SMILES string of the molecule is COc1ccc(N(C(C)=O)C2CCC(C(c3ccccc3)N(C)C)CC2)cc1.Cl. The highest BCUT2D eigenvalue weighted by Crippen LogP contribution is 2.39. The Bertz CT molecular complexity index is 756. The van der Waals surface area contributed by atoms with Crippen LogP contribution in [0.2, 0.25) is 0 Å². The van der Waals surface area contributed by atoms with Gasteiger partial charge in [0.15, 0.2) is 0 Å². The highest BCUT2D eigenvalue weighted by molar-refractivity contribution is 5.92. The molecule has 1 aliphatic rings. The molecule has 1 fully saturated rings. The molecule has 0 aromatic heterocycles. The number of ether oxygens (including phenoxy) is 1. The average Bonchev–Trinajstić information content (AvgIpc) is 2.70. The molecule has 1 atom stereocenters. The number of nitrogens with zero attached hydrogens (tertiary/aromatic N) is 2. The summed E-state index contributed by atoms with van der Waals surface area (Å²) in [7, 11) is 6.00. The third kappa shape index (κ3) is 5.52. The minimum atomic E-state index is 0. The molecule has 0 radical (unpaired) electrons. The third-order valence-electron chi connectivity index (χ3n) is 5.94. The highest BCUT2D eigenvalue weighted by Gasteiger charge is 2.33. The first-order chi connectivity index (χ1) is 13.5. The Kier molecular flexibility index (Phi) is 8.54. The summed E-state index contributed by atoms with van der Waals surface area (Å²) < 4.78 is 5.25. The average molecular weight is 417 g/mol. The van der Waals surface area contributed by atoms with Crippen molar-refractivity contribution in [2.75, 3.05) is 26.1 Å². The topological polar surface area (TPSA) is 32.8 Å². The van der Waals surface area contributed by atoms with Gasteiger partial charge in [0.1, 0.15) is 5.75 Å². The molecule has 3 rings (SSSR count). The Balaban J connectivity index is 0.00000300. The van der Waals surface area contributed by atoms with E-state index in [0.717, 1.165) is 37.1 Å². The van der Waals surface area contributed by atoms with Crippen molar-refractivity contribution in [3.05, 3.63) is 60.2 Å². The number of benzene rings is 2. The van der Waals surface area contributed by atoms with Gasteiger partial charge in [0.05, 0.1) is 7.11 Å². The van der Waals surface area contributed by atoms with Crippen molar-refractivity contribution < 1.29 is 9.53 Å². The Hall–Kier alpha value is -2.04. The summed E-state index contributed by atoms with van der Waals surface area (Å²) in [6.07, 6.45) is 4.32. The fourth-order valence-corrected chi connectivity index (χ4v) is 4.71. The zero-order valence-electron chi connectivity index (χ0n) is 17.9. The predicted octanol–water partition coefficient (Wildman–Crippen LogP) is 5.33. The van der Waals surface area contributed by atoms with Gasteiger partial charge in [-0.25, -0.2) is 0 Å². The zero-order chi connectivity index (χ0) is 20.1. The van der Waals surface area contributed by atoms with Crippen molar-refractivity contribution in [3.8, 4) is 5.75 Å². The van der Waals surface area contributed by atoms with Crippen LogP contribution in [0.3, 0.4) is 0 Å². The quantitative estimate of drug-likeness (QED) is 0.637. The lowest BCUT2D eigenvalue weighted by atomic mass is 9.78. The molecule has 29 heavy (non-hydrogen) atoms. The summed E-state index contributed by atoms with van der Waals surface area (Å²) in [5, 5.41) is 0. The largest absolute Gasteiger partial charge is 0.497 e. The second-order valence-electron chi connectivity index (χ2n) is 7.97. The van der Waals surface area contributed by atoms with Gasteiger partial charge in [0.25, 0.3) is 0 Å². The van der Waals surface area contributed by atoms with Gasteiger partial charge in [0.2, 0.25) is 5.91 Å². The van der Waals surface area contributed by atoms with Gasteiger partial charge in [-0.1, -0.05) is 30.3 Å². The van der Waals surface area contributed by atoms with Crippen LogP contribution < -0.4 is 9.64 Å². The molecule has 158 valence electrons. The van der Waals surface area contributed by atoms with Crippen molar-refractivity contribution in [2.45, 2.75) is 44.7 Å². The van der Waals surface area contributed by atoms with Crippen molar-refractivity contribution in [2.24, 2.45) is 5.92 Å². The fraction of sp³-hybridized carbons (Fsp3) is 0.458. The fourth-order valence-electron chi connectivity index (χ4n) is 4.71. The van der Waals surface area contributed by atoms with Gasteiger partial charge < -0.3 is 14.5 Å². The normalized spacial score (nSPS) is 19.9. The molecule has 0 bridgehead atoms. The summed E-state index contributed by atoms with van der Waals surface area (Å²) in [5.41, 5.74) is 2.35. The van der Waals surface area contributed by atoms with E-state index in [9.17, 15) is 4.79 Å². The number of anilines is 1. The molecule has 2 aromatic rings. The first-order valence-electron chi connectivity index (χ1n) is 10.2. The Morgan fingerprint density at radius 3 is 2.03 bits per heavy atom. The number of methoxy groups -OCH3 is 1. The van der Waals surface area contributed by atoms with Gasteiger partial charge in [-0.3, -0.25) is 4.79 Å². The highest BCUT2D eigenvalue weighted by atomic mass is 35.5. The van der Waals surface area contributed by atoms with Crippen LogP contribution >= 0.6 is 12.4 Å². The summed E-state index contributed by atoms with van der Waals surface area (Å²) in [6, 6.07) is 19.3. The summed E-state index contributed by atoms with van der Waals surface area (Å²) in [6.45, 7) is 1.67. The molecule has 1 saturated carbocycles. The summed E-state index contributed by atoms with van der Waals surface area (Å²) >= 11 is 0. The van der Waals surface area contributed by atoms with Crippen LogP contribution in [0.4, 0.5) is 5.69 Å². The first-order valence-corrected chi connectivity index (χ1v) is 10.2. The second-order valence-corrected chi connectivity index (χ2v) is 7.97. The van der Waals surface area contributed by atoms with Gasteiger partial charge >= 0.3 is 0 Å². The zero-order valence-corrected chi connectivity index (χ0v) is 18.7. The number of amides is 1. The number of hydrogen-bond donors (Lipinski definition) is 0. The molecular formula is C24H33ClN2O2. The van der Waals surface area contributed by atoms with Crippen molar-refractivity contribution >= 4 is 24.0 Å². The molecule has 1 unspecified atom stereocenters. The smallest absolute Gasteiger partial charge is 0.224 e. The maximum Gasteiger partial charge on any atom is 0.224 e. The van der Waals surface area contributed by atoms with Crippen LogP contribution in [0.25, 0.3) is 0 Å². The molecule has 2 aromatic carbocycles. The van der Waals surface area contributed by atoms with Crippen molar-refractivity contribution in [1.29, 1.82) is 0 Å². The molecule has 0 saturated heterocycles. The predicted molar refractivity (Wildman–Crippen MR) is 122 cm³/mol. The van der Waals surface area contributed by atoms with Gasteiger partial charge in [-0.05, 0) is 75.5 Å². The molecule has 0 aliphatic heterocycles. The van der Waals surface area contributed by atoms with E-state index in [1.165, 1.54) is 5.56 Å². The van der Waals surface area contributed by atoms with Crippen molar-refractivity contribution in [1.82, 2.24) is 4.90 Å². The minimum Gasteiger partial charge on any atom is -0.497 e. The van der Waals surface area contributed by atoms with Gasteiger partial charge in [-0.2, -0.15) is 0 Å². The molecule has 0 heterocycles. The minimum absolute atomic E-state index is 0. The van der Waals surface area contributed by atoms with Gasteiger partial charge in [0, 0.05) is 24.7 Å². The molecule has 1 amide bonds. The molecule has 1 aliphatic carbocycles. The molecule has 4 nitrogen and oxygen atoms in total. The van der Waals surface area contributed by atoms with E-state index < -0.39 is 0 Å². The van der Waals surface area contributed by atoms with E-state index in [1.807, 2.05) is 29.2 Å². The monoisotopic (exact) mass is 416 g/mol. The Morgan fingerprint density at radius 2 is 1.55 bits per heavy atom. The van der Waals surface area contributed by atoms with Crippen LogP contribution in [0.5, 0.6) is 5.75 Å². The molecule has 0 spiro atoms. The number of carbonyl (C=O) groups excluding carboxylic acids is 1. The number of rotatable bonds is 6. The first kappa shape index (κ1) is 23.2. The molecular weight excluding hydrogens is 384 g/mol. The molecule has 5 heteroatoms. The van der Waals surface area contributed by atoms with E-state index in [1.54, 1.807) is 14.0 Å². The van der Waals surface area contributed by atoms with E-state index in [0.29, 0.717) is 12.0 Å². The molecule has 0 N–H and O–H groups in total. The maximum absolute atomic E-state index is 12.4. The van der Waals surface area contributed by atoms with Crippen molar-refractivity contribution in [3.63, 3.8) is 0 Å². The second kappa shape index (κ2) is 10.7. The lowest BCUT2D eigenvalue weighted by Gasteiger charge is -2.41. The van der Waals surface area contributed by atoms with Crippen LogP contribution in [0, 0.1) is 5.92 Å². The summed E-state index contributed by atoms with van der Waals surface area (Å²) in [5.74, 6) is 1.53. The van der Waals surface area contributed by atoms with Crippen LogP contribution in [-0.4, -0.2) is 38.1 Å². The van der Waals surface area contributed by atoms with Crippen LogP contribution in [0.1, 0.15) is 44.2 Å². The van der Waals surface area contributed by atoms with Crippen LogP contribution in [0.15, 0.2) is 54.6 Å². The van der Waals surface area contributed by atoms with E-state index >= 15 is 0 Å². The Morgan fingerprint density at radius 1 is 0.966 bits per heavy atom. The Labute approximate surface area is 181 Å². The van der Waals surface area contributed by atoms with E-state index in [2.05, 4.69) is 49.3 Å². The summed E-state index contributed by atoms with van der Waals surface area (Å²) in [4.78, 5) is 16.7. The standard InChI is InChI=1S/C24H32N2O2.ClH/c1-18(27)26(22-14-16-23(28-4)17-15-22)21-12-10-20(11-13-21)24(25(2)3)19-8-6-5-7-9-19;/h5-9,14-17,20-21,24H,10-13H2,1-4H3;1H. The third-order valence-corrected chi connectivity index (χ3v) is 5.94. The number of carbonyl (C=O) groups is 1. The maximum atomic E-state index is 12.4. The van der Waals surface area contributed by atoms with Gasteiger partial charge in [-0.15, -0.1) is 12.4 Å². The number of halogens is 1. The van der Waals surface area contributed by atoms with Crippen LogP contribution in [-0.2, 0) is 4.79 Å². The number of hydrogen-bond acceptors (Lipinski definition) is 3. The van der Waals surface area contributed by atoms with E-state index in [-0.39, 0.29) is 24.4 Å². The lowest BCUT2D eigenvalue weighted by molar-refractivity contribution is -0.117. The lowest BCUT2D eigenvalue weighted by Crippen LogP contribution is -2.42. The van der Waals surface area contributed by atoms with E-state index in [4.69, 9.17) is 4.74 Å².